The van der Waals surface area contributed by atoms with Crippen LogP contribution in [0.3, 0.4) is 0 Å². The molecule has 1 saturated heterocycles. The van der Waals surface area contributed by atoms with Crippen LogP contribution in [-0.4, -0.2) is 45.3 Å². The normalized spacial score (nSPS) is 17.0. The third-order valence-electron chi connectivity index (χ3n) is 4.26. The molecule has 1 N–H and O–H groups in total. The van der Waals surface area contributed by atoms with Gasteiger partial charge in [0, 0.05) is 31.1 Å². The molecule has 1 unspecified atom stereocenters. The molecule has 1 aromatic heterocycles. The van der Waals surface area contributed by atoms with Gasteiger partial charge in [0.1, 0.15) is 0 Å². The second-order valence-corrected chi connectivity index (χ2v) is 6.77. The summed E-state index contributed by atoms with van der Waals surface area (Å²) in [4.78, 5) is 3.93. The Bertz CT molecular complexity index is 650. The van der Waals surface area contributed by atoms with E-state index in [1.165, 1.54) is 16.0 Å². The number of ether oxygens (including phenoxy) is 2. The van der Waals surface area contributed by atoms with E-state index in [9.17, 15) is 0 Å². The number of piperazine rings is 1. The molecule has 124 valence electrons. The van der Waals surface area contributed by atoms with Crippen LogP contribution in [0.25, 0.3) is 0 Å². The van der Waals surface area contributed by atoms with Gasteiger partial charge in [-0.25, -0.2) is 0 Å². The van der Waals surface area contributed by atoms with Crippen molar-refractivity contribution in [2.24, 2.45) is 0 Å². The number of aryl methyl sites for hydroxylation is 1. The fourth-order valence-electron chi connectivity index (χ4n) is 3.12. The zero-order chi connectivity index (χ0) is 16.2. The molecule has 0 bridgehead atoms. The summed E-state index contributed by atoms with van der Waals surface area (Å²) in [6.07, 6.45) is 0. The molecule has 2 aromatic rings. The van der Waals surface area contributed by atoms with Crippen molar-refractivity contribution in [2.75, 3.05) is 40.4 Å². The molecule has 1 atom stereocenters. The summed E-state index contributed by atoms with van der Waals surface area (Å²) >= 11 is 1.84. The van der Waals surface area contributed by atoms with Crippen LogP contribution in [0.1, 0.15) is 22.0 Å². The number of rotatable bonds is 5. The highest BCUT2D eigenvalue weighted by Gasteiger charge is 2.26. The van der Waals surface area contributed by atoms with Gasteiger partial charge in [-0.05, 0) is 41.6 Å². The predicted molar refractivity (Wildman–Crippen MR) is 94.9 cm³/mol. The molecule has 0 spiro atoms. The van der Waals surface area contributed by atoms with E-state index in [4.69, 9.17) is 9.47 Å². The number of nitrogens with one attached hydrogen (secondary N) is 1. The van der Waals surface area contributed by atoms with Crippen molar-refractivity contribution in [1.29, 1.82) is 0 Å². The molecule has 0 amide bonds. The summed E-state index contributed by atoms with van der Waals surface area (Å²) in [5.41, 5.74) is 2.58. The lowest BCUT2D eigenvalue weighted by molar-refractivity contribution is 0.200. The lowest BCUT2D eigenvalue weighted by Crippen LogP contribution is -2.45. The summed E-state index contributed by atoms with van der Waals surface area (Å²) < 4.78 is 10.9. The number of nitrogens with zero attached hydrogens (tertiary/aromatic N) is 1. The van der Waals surface area contributed by atoms with Crippen molar-refractivity contribution in [1.82, 2.24) is 10.2 Å². The number of thiophene rings is 1. The Morgan fingerprint density at radius 2 is 1.83 bits per heavy atom. The monoisotopic (exact) mass is 332 g/mol. The Hall–Kier alpha value is -1.56. The second-order valence-electron chi connectivity index (χ2n) is 5.83. The SMILES string of the molecule is COc1ccc(C(c2cc(C)cs2)N2CCNCC2)cc1OC. The molecular formula is C18H24N2O2S. The number of hydrogen-bond donors (Lipinski definition) is 1. The molecule has 23 heavy (non-hydrogen) atoms. The largest absolute Gasteiger partial charge is 0.493 e. The lowest BCUT2D eigenvalue weighted by atomic mass is 10.0. The molecule has 1 aliphatic rings. The van der Waals surface area contributed by atoms with Crippen LogP contribution in [0, 0.1) is 6.92 Å². The van der Waals surface area contributed by atoms with Gasteiger partial charge in [0.25, 0.3) is 0 Å². The first-order chi connectivity index (χ1) is 11.2. The van der Waals surface area contributed by atoms with Gasteiger partial charge in [0.05, 0.1) is 20.3 Å². The topological polar surface area (TPSA) is 33.7 Å². The first-order valence-corrected chi connectivity index (χ1v) is 8.82. The zero-order valence-electron chi connectivity index (χ0n) is 14.0. The lowest BCUT2D eigenvalue weighted by Gasteiger charge is -2.35. The van der Waals surface area contributed by atoms with Gasteiger partial charge in [-0.15, -0.1) is 11.3 Å². The summed E-state index contributed by atoms with van der Waals surface area (Å²) in [5, 5.41) is 5.66. The first-order valence-electron chi connectivity index (χ1n) is 7.94. The quantitative estimate of drug-likeness (QED) is 0.912. The molecule has 1 aromatic carbocycles. The van der Waals surface area contributed by atoms with Crippen LogP contribution in [0.2, 0.25) is 0 Å². The third kappa shape index (κ3) is 3.52. The van der Waals surface area contributed by atoms with Crippen LogP contribution >= 0.6 is 11.3 Å². The average Bonchev–Trinajstić information content (AvgIpc) is 3.02. The van der Waals surface area contributed by atoms with Crippen LogP contribution in [0.5, 0.6) is 11.5 Å². The first kappa shape index (κ1) is 16.3. The highest BCUT2D eigenvalue weighted by atomic mass is 32.1. The van der Waals surface area contributed by atoms with Gasteiger partial charge in [0.15, 0.2) is 11.5 Å². The van der Waals surface area contributed by atoms with Crippen LogP contribution in [-0.2, 0) is 0 Å². The van der Waals surface area contributed by atoms with Gasteiger partial charge in [-0.3, -0.25) is 4.90 Å². The van der Waals surface area contributed by atoms with Crippen LogP contribution < -0.4 is 14.8 Å². The van der Waals surface area contributed by atoms with E-state index >= 15 is 0 Å². The number of methoxy groups -OCH3 is 2. The van der Waals surface area contributed by atoms with Gasteiger partial charge in [-0.1, -0.05) is 6.07 Å². The van der Waals surface area contributed by atoms with Crippen LogP contribution in [0.4, 0.5) is 0 Å². The molecular weight excluding hydrogens is 308 g/mol. The number of hydrogen-bond acceptors (Lipinski definition) is 5. The third-order valence-corrected chi connectivity index (χ3v) is 5.36. The van der Waals surface area contributed by atoms with E-state index in [2.05, 4.69) is 40.7 Å². The summed E-state index contributed by atoms with van der Waals surface area (Å²) in [7, 11) is 3.37. The Morgan fingerprint density at radius 3 is 2.43 bits per heavy atom. The minimum Gasteiger partial charge on any atom is -0.493 e. The summed E-state index contributed by atoms with van der Waals surface area (Å²) in [5.74, 6) is 1.57. The van der Waals surface area contributed by atoms with E-state index < -0.39 is 0 Å². The highest BCUT2D eigenvalue weighted by molar-refractivity contribution is 7.10. The van der Waals surface area contributed by atoms with Gasteiger partial charge in [0.2, 0.25) is 0 Å². The van der Waals surface area contributed by atoms with Crippen molar-refractivity contribution in [3.63, 3.8) is 0 Å². The Kier molecular flexibility index (Phi) is 5.20. The maximum absolute atomic E-state index is 5.50. The molecule has 4 nitrogen and oxygen atoms in total. The van der Waals surface area contributed by atoms with E-state index in [0.29, 0.717) is 0 Å². The molecule has 0 aliphatic carbocycles. The Labute approximate surface area is 142 Å². The zero-order valence-corrected chi connectivity index (χ0v) is 14.8. The smallest absolute Gasteiger partial charge is 0.161 e. The van der Waals surface area contributed by atoms with E-state index in [1.807, 2.05) is 17.4 Å². The minimum absolute atomic E-state index is 0.274. The summed E-state index contributed by atoms with van der Waals surface area (Å²) in [6.45, 7) is 6.33. The predicted octanol–water partition coefficient (Wildman–Crippen LogP) is 3.07. The van der Waals surface area contributed by atoms with Crippen LogP contribution in [0.15, 0.2) is 29.6 Å². The molecule has 1 fully saturated rings. The van der Waals surface area contributed by atoms with Crippen molar-refractivity contribution in [3.8, 4) is 11.5 Å². The van der Waals surface area contributed by atoms with E-state index in [0.717, 1.165) is 37.7 Å². The molecule has 1 aliphatic heterocycles. The highest BCUT2D eigenvalue weighted by Crippen LogP contribution is 2.37. The van der Waals surface area contributed by atoms with E-state index in [1.54, 1.807) is 14.2 Å². The maximum Gasteiger partial charge on any atom is 0.161 e. The van der Waals surface area contributed by atoms with Gasteiger partial charge in [-0.2, -0.15) is 0 Å². The summed E-state index contributed by atoms with van der Waals surface area (Å²) in [6, 6.07) is 8.84. The fraction of sp³-hybridized carbons (Fsp3) is 0.444. The molecule has 0 radical (unpaired) electrons. The van der Waals surface area contributed by atoms with Crippen molar-refractivity contribution in [2.45, 2.75) is 13.0 Å². The fourth-order valence-corrected chi connectivity index (χ4v) is 4.17. The maximum atomic E-state index is 5.50. The molecule has 2 heterocycles. The molecule has 5 heteroatoms. The van der Waals surface area contributed by atoms with Crippen molar-refractivity contribution >= 4 is 11.3 Å². The molecule has 0 saturated carbocycles. The Morgan fingerprint density at radius 1 is 1.09 bits per heavy atom. The van der Waals surface area contributed by atoms with E-state index in [-0.39, 0.29) is 6.04 Å². The van der Waals surface area contributed by atoms with Gasteiger partial charge >= 0.3 is 0 Å². The molecule has 3 rings (SSSR count). The average molecular weight is 332 g/mol. The number of benzene rings is 1. The standard InChI is InChI=1S/C18H24N2O2S/c1-13-10-17(23-12-13)18(20-8-6-19-7-9-20)14-4-5-15(21-2)16(11-14)22-3/h4-5,10-12,18-19H,6-9H2,1-3H3. The Balaban J connectivity index is 2.00. The van der Waals surface area contributed by atoms with Crippen molar-refractivity contribution in [3.05, 3.63) is 45.6 Å². The second kappa shape index (κ2) is 7.34. The van der Waals surface area contributed by atoms with Crippen molar-refractivity contribution < 1.29 is 9.47 Å². The van der Waals surface area contributed by atoms with Gasteiger partial charge < -0.3 is 14.8 Å². The minimum atomic E-state index is 0.274.